The summed E-state index contributed by atoms with van der Waals surface area (Å²) in [7, 11) is 0. The summed E-state index contributed by atoms with van der Waals surface area (Å²) in [5.41, 5.74) is 0.474. The van der Waals surface area contributed by atoms with Gasteiger partial charge in [-0.1, -0.05) is 6.58 Å². The molecule has 0 aliphatic heterocycles. The van der Waals surface area contributed by atoms with Gasteiger partial charge in [0, 0.05) is 12.2 Å². The van der Waals surface area contributed by atoms with Crippen molar-refractivity contribution in [2.45, 2.75) is 51.7 Å². The summed E-state index contributed by atoms with van der Waals surface area (Å²) in [4.78, 5) is 11.3. The first-order chi connectivity index (χ1) is 7.13. The van der Waals surface area contributed by atoms with E-state index in [1.807, 2.05) is 6.92 Å². The number of hydrogen-bond acceptors (Lipinski definition) is 3. The van der Waals surface area contributed by atoms with Crippen LogP contribution in [-0.4, -0.2) is 24.8 Å². The minimum Gasteiger partial charge on any atom is -0.459 e. The maximum Gasteiger partial charge on any atom is 0.333 e. The lowest BCUT2D eigenvalue weighted by molar-refractivity contribution is -0.147. The van der Waals surface area contributed by atoms with Crippen molar-refractivity contribution >= 4 is 5.97 Å². The molecule has 0 saturated heterocycles. The van der Waals surface area contributed by atoms with Gasteiger partial charge in [0.25, 0.3) is 0 Å². The van der Waals surface area contributed by atoms with Gasteiger partial charge in [0.2, 0.25) is 0 Å². The van der Waals surface area contributed by atoms with Gasteiger partial charge >= 0.3 is 5.97 Å². The molecule has 0 bridgehead atoms. The van der Waals surface area contributed by atoms with Crippen LogP contribution in [0.2, 0.25) is 0 Å². The normalized spacial score (nSPS) is 26.0. The predicted molar refractivity (Wildman–Crippen MR) is 58.6 cm³/mol. The molecule has 3 nitrogen and oxygen atoms in total. The Morgan fingerprint density at radius 3 is 2.27 bits per heavy atom. The Bertz CT molecular complexity index is 227. The molecule has 0 aromatic carbocycles. The molecule has 86 valence electrons. The van der Waals surface area contributed by atoms with Crippen LogP contribution in [0.25, 0.3) is 0 Å². The lowest BCUT2D eigenvalue weighted by Gasteiger charge is -2.28. The molecule has 0 aromatic heterocycles. The monoisotopic (exact) mass is 212 g/mol. The Hall–Kier alpha value is -0.830. The van der Waals surface area contributed by atoms with E-state index < -0.39 is 0 Å². The number of rotatable bonds is 4. The first-order valence-electron chi connectivity index (χ1n) is 5.61. The Labute approximate surface area is 91.4 Å². The van der Waals surface area contributed by atoms with Gasteiger partial charge < -0.3 is 9.47 Å². The molecule has 1 aliphatic carbocycles. The van der Waals surface area contributed by atoms with E-state index in [1.54, 1.807) is 6.92 Å². The highest BCUT2D eigenvalue weighted by atomic mass is 16.5. The van der Waals surface area contributed by atoms with Gasteiger partial charge in [0.15, 0.2) is 0 Å². The van der Waals surface area contributed by atoms with Crippen LogP contribution in [0.4, 0.5) is 0 Å². The smallest absolute Gasteiger partial charge is 0.333 e. The van der Waals surface area contributed by atoms with Crippen molar-refractivity contribution in [1.29, 1.82) is 0 Å². The summed E-state index contributed by atoms with van der Waals surface area (Å²) in [6.07, 6.45) is 4.21. The maximum atomic E-state index is 11.3. The van der Waals surface area contributed by atoms with Gasteiger partial charge in [0.05, 0.1) is 6.10 Å². The average Bonchev–Trinajstić information content (AvgIpc) is 2.21. The molecule has 0 unspecified atom stereocenters. The Morgan fingerprint density at radius 2 is 1.80 bits per heavy atom. The minimum absolute atomic E-state index is 0.0610. The van der Waals surface area contributed by atoms with E-state index in [2.05, 4.69) is 6.58 Å². The summed E-state index contributed by atoms with van der Waals surface area (Å²) in [5, 5.41) is 0. The second-order valence-corrected chi connectivity index (χ2v) is 4.04. The van der Waals surface area contributed by atoms with Gasteiger partial charge in [-0.25, -0.2) is 4.79 Å². The number of carbonyl (C=O) groups is 1. The Balaban J connectivity index is 2.25. The fourth-order valence-corrected chi connectivity index (χ4v) is 1.80. The second kappa shape index (κ2) is 5.91. The fourth-order valence-electron chi connectivity index (χ4n) is 1.80. The third-order valence-electron chi connectivity index (χ3n) is 2.65. The molecule has 0 amide bonds. The third-order valence-corrected chi connectivity index (χ3v) is 2.65. The highest BCUT2D eigenvalue weighted by Crippen LogP contribution is 2.23. The second-order valence-electron chi connectivity index (χ2n) is 4.04. The van der Waals surface area contributed by atoms with Crippen molar-refractivity contribution in [1.82, 2.24) is 0 Å². The van der Waals surface area contributed by atoms with Crippen molar-refractivity contribution < 1.29 is 14.3 Å². The standard InChI is InChI=1S/C12H20O3/c1-4-14-10-5-7-11(8-6-10)15-12(13)9(2)3/h10-11H,2,4-8H2,1,3H3. The maximum absolute atomic E-state index is 11.3. The van der Waals surface area contributed by atoms with Crippen molar-refractivity contribution in [2.24, 2.45) is 0 Å². The summed E-state index contributed by atoms with van der Waals surface area (Å²) < 4.78 is 10.8. The van der Waals surface area contributed by atoms with Crippen molar-refractivity contribution in [3.8, 4) is 0 Å². The highest BCUT2D eigenvalue weighted by Gasteiger charge is 2.23. The molecule has 1 rings (SSSR count). The van der Waals surface area contributed by atoms with Crippen LogP contribution in [-0.2, 0) is 14.3 Å². The van der Waals surface area contributed by atoms with Crippen LogP contribution in [0.5, 0.6) is 0 Å². The zero-order valence-electron chi connectivity index (χ0n) is 9.62. The van der Waals surface area contributed by atoms with E-state index in [0.29, 0.717) is 11.7 Å². The van der Waals surface area contributed by atoms with Crippen LogP contribution >= 0.6 is 0 Å². The largest absolute Gasteiger partial charge is 0.459 e. The molecule has 0 aromatic rings. The first kappa shape index (κ1) is 12.2. The summed E-state index contributed by atoms with van der Waals surface area (Å²) >= 11 is 0. The van der Waals surface area contributed by atoms with Gasteiger partial charge in [-0.15, -0.1) is 0 Å². The van der Waals surface area contributed by atoms with Crippen LogP contribution in [0.15, 0.2) is 12.2 Å². The van der Waals surface area contributed by atoms with Crippen LogP contribution in [0.1, 0.15) is 39.5 Å². The van der Waals surface area contributed by atoms with Gasteiger partial charge in [0.1, 0.15) is 6.10 Å². The van der Waals surface area contributed by atoms with E-state index in [1.165, 1.54) is 0 Å². The molecular weight excluding hydrogens is 192 g/mol. The van der Waals surface area contributed by atoms with Crippen LogP contribution in [0, 0.1) is 0 Å². The zero-order chi connectivity index (χ0) is 11.3. The Morgan fingerprint density at radius 1 is 1.27 bits per heavy atom. The summed E-state index contributed by atoms with van der Waals surface area (Å²) in [5.74, 6) is -0.269. The van der Waals surface area contributed by atoms with Crippen molar-refractivity contribution in [3.05, 3.63) is 12.2 Å². The molecule has 1 aliphatic rings. The third kappa shape index (κ3) is 4.04. The molecular formula is C12H20O3. The lowest BCUT2D eigenvalue weighted by atomic mass is 9.95. The quantitative estimate of drug-likeness (QED) is 0.530. The molecule has 1 saturated carbocycles. The van der Waals surface area contributed by atoms with Crippen molar-refractivity contribution in [3.63, 3.8) is 0 Å². The first-order valence-corrected chi connectivity index (χ1v) is 5.61. The number of esters is 1. The van der Waals surface area contributed by atoms with E-state index in [4.69, 9.17) is 9.47 Å². The molecule has 0 heterocycles. The van der Waals surface area contributed by atoms with Gasteiger partial charge in [-0.2, -0.15) is 0 Å². The molecule has 0 radical (unpaired) electrons. The minimum atomic E-state index is -0.269. The number of ether oxygens (including phenoxy) is 2. The van der Waals surface area contributed by atoms with E-state index in [-0.39, 0.29) is 12.1 Å². The number of hydrogen-bond donors (Lipinski definition) is 0. The molecule has 0 atom stereocenters. The topological polar surface area (TPSA) is 35.5 Å². The highest BCUT2D eigenvalue weighted by molar-refractivity contribution is 5.87. The van der Waals surface area contributed by atoms with Crippen LogP contribution < -0.4 is 0 Å². The zero-order valence-corrected chi connectivity index (χ0v) is 9.62. The Kier molecular flexibility index (Phi) is 4.82. The van der Waals surface area contributed by atoms with E-state index >= 15 is 0 Å². The SMILES string of the molecule is C=C(C)C(=O)OC1CCC(OCC)CC1. The predicted octanol–water partition coefficient (Wildman–Crippen LogP) is 2.45. The van der Waals surface area contributed by atoms with Gasteiger partial charge in [-0.05, 0) is 39.5 Å². The number of carbonyl (C=O) groups excluding carboxylic acids is 1. The van der Waals surface area contributed by atoms with Crippen molar-refractivity contribution in [2.75, 3.05) is 6.61 Å². The van der Waals surface area contributed by atoms with Gasteiger partial charge in [-0.3, -0.25) is 0 Å². The summed E-state index contributed by atoms with van der Waals surface area (Å²) in [6.45, 7) is 8.01. The molecule has 15 heavy (non-hydrogen) atoms. The fraction of sp³-hybridized carbons (Fsp3) is 0.750. The van der Waals surface area contributed by atoms with E-state index in [0.717, 1.165) is 32.3 Å². The molecule has 3 heteroatoms. The average molecular weight is 212 g/mol. The van der Waals surface area contributed by atoms with E-state index in [9.17, 15) is 4.79 Å². The molecule has 0 spiro atoms. The molecule has 0 N–H and O–H groups in total. The molecule has 1 fully saturated rings. The lowest BCUT2D eigenvalue weighted by Crippen LogP contribution is -2.28. The summed E-state index contributed by atoms with van der Waals surface area (Å²) in [6, 6.07) is 0. The van der Waals surface area contributed by atoms with Crippen LogP contribution in [0.3, 0.4) is 0 Å².